The monoisotopic (exact) mass is 537 g/mol. The number of fused-ring (bicyclic) bond motifs is 1. The van der Waals surface area contributed by atoms with Crippen LogP contribution < -0.4 is 14.8 Å². The number of nitrogens with zero attached hydrogens (tertiary/aromatic N) is 7. The average Bonchev–Trinajstić information content (AvgIpc) is 3.65. The van der Waals surface area contributed by atoms with Crippen molar-refractivity contribution in [3.63, 3.8) is 0 Å². The maximum Gasteiger partial charge on any atom is 0.311 e. The summed E-state index contributed by atoms with van der Waals surface area (Å²) in [5, 5.41) is 20.9. The van der Waals surface area contributed by atoms with Gasteiger partial charge < -0.3 is 4.74 Å². The molecular formula is C27H19N7O4S. The molecule has 2 aromatic carbocycles. The molecule has 0 amide bonds. The second-order valence-electron chi connectivity index (χ2n) is 8.37. The van der Waals surface area contributed by atoms with E-state index in [1.54, 1.807) is 60.5 Å². The van der Waals surface area contributed by atoms with Crippen LogP contribution in [0.1, 0.15) is 12.5 Å². The van der Waals surface area contributed by atoms with Crippen molar-refractivity contribution < 1.29 is 9.66 Å². The molecular weight excluding hydrogens is 518 g/mol. The molecule has 0 saturated heterocycles. The van der Waals surface area contributed by atoms with E-state index >= 15 is 0 Å². The fourth-order valence-electron chi connectivity index (χ4n) is 4.11. The maximum absolute atomic E-state index is 13.3. The number of hydrogen-bond donors (Lipinski definition) is 0. The summed E-state index contributed by atoms with van der Waals surface area (Å²) < 4.78 is 8.79. The van der Waals surface area contributed by atoms with Gasteiger partial charge in [-0.05, 0) is 49.4 Å². The summed E-state index contributed by atoms with van der Waals surface area (Å²) in [6.07, 6.45) is 6.77. The van der Waals surface area contributed by atoms with E-state index in [0.29, 0.717) is 38.7 Å². The molecule has 11 nitrogen and oxygen atoms in total. The number of benzene rings is 2. The van der Waals surface area contributed by atoms with Gasteiger partial charge in [-0.2, -0.15) is 14.6 Å². The summed E-state index contributed by atoms with van der Waals surface area (Å²) in [6.45, 7) is 2.06. The Bertz CT molecular complexity index is 1930. The van der Waals surface area contributed by atoms with Crippen LogP contribution in [-0.4, -0.2) is 40.9 Å². The van der Waals surface area contributed by atoms with Gasteiger partial charge in [0.1, 0.15) is 5.69 Å². The summed E-state index contributed by atoms with van der Waals surface area (Å²) >= 11 is 1.20. The fourth-order valence-corrected chi connectivity index (χ4v) is 5.01. The van der Waals surface area contributed by atoms with Crippen molar-refractivity contribution in [3.05, 3.63) is 110 Å². The summed E-state index contributed by atoms with van der Waals surface area (Å²) in [4.78, 5) is 33.5. The summed E-state index contributed by atoms with van der Waals surface area (Å²) in [6, 6.07) is 17.7. The predicted molar refractivity (Wildman–Crippen MR) is 146 cm³/mol. The van der Waals surface area contributed by atoms with Crippen LogP contribution in [0.5, 0.6) is 5.75 Å². The van der Waals surface area contributed by atoms with E-state index in [0.717, 1.165) is 11.3 Å². The first kappa shape index (κ1) is 24.1. The largest absolute Gasteiger partial charge is 0.487 e. The van der Waals surface area contributed by atoms with Gasteiger partial charge in [0.2, 0.25) is 4.96 Å². The quantitative estimate of drug-likeness (QED) is 0.221. The van der Waals surface area contributed by atoms with E-state index in [9.17, 15) is 14.9 Å². The third kappa shape index (κ3) is 4.53. The third-order valence-electron chi connectivity index (χ3n) is 5.90. The lowest BCUT2D eigenvalue weighted by molar-refractivity contribution is -0.385. The zero-order chi connectivity index (χ0) is 26.9. The molecule has 0 atom stereocenters. The van der Waals surface area contributed by atoms with Crippen LogP contribution in [0.3, 0.4) is 0 Å². The number of para-hydroxylation sites is 1. The first-order valence-electron chi connectivity index (χ1n) is 11.9. The highest BCUT2D eigenvalue weighted by molar-refractivity contribution is 7.15. The molecule has 39 heavy (non-hydrogen) atoms. The molecule has 0 bridgehead atoms. The predicted octanol–water partition coefficient (Wildman–Crippen LogP) is 3.92. The number of thiazole rings is 1. The lowest BCUT2D eigenvalue weighted by atomic mass is 10.1. The third-order valence-corrected chi connectivity index (χ3v) is 6.86. The molecule has 192 valence electrons. The molecule has 0 aliphatic carbocycles. The van der Waals surface area contributed by atoms with Gasteiger partial charge in [-0.1, -0.05) is 29.5 Å². The minimum absolute atomic E-state index is 0.165. The van der Waals surface area contributed by atoms with E-state index < -0.39 is 4.92 Å². The smallest absolute Gasteiger partial charge is 0.311 e. The van der Waals surface area contributed by atoms with Crippen molar-refractivity contribution >= 4 is 28.1 Å². The van der Waals surface area contributed by atoms with Crippen molar-refractivity contribution in [1.82, 2.24) is 29.4 Å². The van der Waals surface area contributed by atoms with E-state index in [2.05, 4.69) is 15.1 Å². The van der Waals surface area contributed by atoms with Gasteiger partial charge in [0, 0.05) is 41.3 Å². The van der Waals surface area contributed by atoms with Crippen LogP contribution in [-0.2, 0) is 0 Å². The van der Waals surface area contributed by atoms with Crippen LogP contribution in [0.2, 0.25) is 0 Å². The Morgan fingerprint density at radius 1 is 1.05 bits per heavy atom. The molecule has 0 N–H and O–H groups in total. The van der Waals surface area contributed by atoms with Crippen molar-refractivity contribution in [2.45, 2.75) is 6.92 Å². The number of nitro benzene ring substituents is 1. The highest BCUT2D eigenvalue weighted by Gasteiger charge is 2.20. The first-order valence-corrected chi connectivity index (χ1v) is 12.7. The second kappa shape index (κ2) is 9.91. The van der Waals surface area contributed by atoms with E-state index in [1.807, 2.05) is 30.3 Å². The van der Waals surface area contributed by atoms with Gasteiger partial charge in [0.25, 0.3) is 5.56 Å². The van der Waals surface area contributed by atoms with Gasteiger partial charge in [0.15, 0.2) is 11.6 Å². The number of pyridine rings is 1. The van der Waals surface area contributed by atoms with E-state index in [-0.39, 0.29) is 17.0 Å². The molecule has 0 fully saturated rings. The topological polar surface area (TPSA) is 130 Å². The molecule has 4 aromatic heterocycles. The lowest BCUT2D eigenvalue weighted by Gasteiger charge is -2.06. The standard InChI is InChI=1S/C27H19N7O4S/c1-2-38-22-9-8-18(14-21(22)34(36)37)24-19(16-32(30-24)20-6-4-3-5-7-20)15-23-26(35)33-27(39-23)29-25(31-33)17-10-12-28-13-11-17/h3-16H,2H2,1H3. The van der Waals surface area contributed by atoms with E-state index in [1.165, 1.54) is 21.9 Å². The van der Waals surface area contributed by atoms with Crippen LogP contribution >= 0.6 is 11.3 Å². The molecule has 4 heterocycles. The van der Waals surface area contributed by atoms with Crippen LogP contribution in [0.4, 0.5) is 5.69 Å². The molecule has 6 rings (SSSR count). The van der Waals surface area contributed by atoms with Crippen molar-refractivity contribution in [3.8, 4) is 34.1 Å². The highest BCUT2D eigenvalue weighted by Crippen LogP contribution is 2.34. The summed E-state index contributed by atoms with van der Waals surface area (Å²) in [5.74, 6) is 0.614. The van der Waals surface area contributed by atoms with Gasteiger partial charge in [-0.15, -0.1) is 5.10 Å². The fraction of sp³-hybridized carbons (Fsp3) is 0.0741. The normalized spacial score (nSPS) is 11.8. The zero-order valence-corrected chi connectivity index (χ0v) is 21.3. The number of rotatable bonds is 7. The Hall–Kier alpha value is -5.23. The van der Waals surface area contributed by atoms with E-state index in [4.69, 9.17) is 9.84 Å². The Morgan fingerprint density at radius 3 is 2.56 bits per heavy atom. The van der Waals surface area contributed by atoms with Crippen molar-refractivity contribution in [2.75, 3.05) is 6.61 Å². The number of hydrogen-bond acceptors (Lipinski definition) is 9. The Morgan fingerprint density at radius 2 is 1.85 bits per heavy atom. The summed E-state index contributed by atoms with van der Waals surface area (Å²) in [7, 11) is 0. The molecule has 0 radical (unpaired) electrons. The van der Waals surface area contributed by atoms with Crippen molar-refractivity contribution in [2.24, 2.45) is 0 Å². The Balaban J connectivity index is 1.50. The number of ether oxygens (including phenoxy) is 1. The van der Waals surface area contributed by atoms with Crippen molar-refractivity contribution in [1.29, 1.82) is 0 Å². The van der Waals surface area contributed by atoms with Crippen LogP contribution in [0.25, 0.3) is 39.4 Å². The minimum atomic E-state index is -0.484. The van der Waals surface area contributed by atoms with Crippen LogP contribution in [0, 0.1) is 10.1 Å². The average molecular weight is 538 g/mol. The van der Waals surface area contributed by atoms with Gasteiger partial charge in [-0.25, -0.2) is 4.68 Å². The summed E-state index contributed by atoms with van der Waals surface area (Å²) in [5.41, 5.74) is 2.66. The highest BCUT2D eigenvalue weighted by atomic mass is 32.1. The van der Waals surface area contributed by atoms with Gasteiger partial charge in [-0.3, -0.25) is 19.9 Å². The Kier molecular flexibility index (Phi) is 6.13. The molecule has 6 aromatic rings. The lowest BCUT2D eigenvalue weighted by Crippen LogP contribution is -2.23. The molecule has 0 spiro atoms. The van der Waals surface area contributed by atoms with Crippen LogP contribution in [0.15, 0.2) is 84.0 Å². The zero-order valence-electron chi connectivity index (χ0n) is 20.5. The molecule has 0 unspecified atom stereocenters. The number of nitro groups is 1. The van der Waals surface area contributed by atoms with Gasteiger partial charge >= 0.3 is 5.69 Å². The molecule has 0 saturated carbocycles. The van der Waals surface area contributed by atoms with Gasteiger partial charge in [0.05, 0.1) is 21.7 Å². The first-order chi connectivity index (χ1) is 19.0. The molecule has 0 aliphatic heterocycles. The maximum atomic E-state index is 13.3. The Labute approximate surface area is 224 Å². The minimum Gasteiger partial charge on any atom is -0.487 e. The molecule has 0 aliphatic rings. The molecule has 12 heteroatoms. The number of aromatic nitrogens is 6. The second-order valence-corrected chi connectivity index (χ2v) is 9.38. The SMILES string of the molecule is CCOc1ccc(-c2nn(-c3ccccc3)cc2C=c2sc3nc(-c4ccncc4)nn3c2=O)cc1[N+](=O)[O-].